The van der Waals surface area contributed by atoms with Gasteiger partial charge in [-0.2, -0.15) is 0 Å². The number of carbonyl (C=O) groups excluding carboxylic acids is 3. The van der Waals surface area contributed by atoms with Crippen molar-refractivity contribution >= 4 is 23.7 Å². The largest absolute Gasteiger partial charge is 0.478 e. The predicted molar refractivity (Wildman–Crippen MR) is 59.3 cm³/mol. The van der Waals surface area contributed by atoms with E-state index in [4.69, 9.17) is 9.52 Å². The van der Waals surface area contributed by atoms with Gasteiger partial charge in [-0.25, -0.2) is 4.79 Å². The van der Waals surface area contributed by atoms with Gasteiger partial charge in [0.1, 0.15) is 12.3 Å². The molecule has 1 aliphatic heterocycles. The van der Waals surface area contributed by atoms with Gasteiger partial charge < -0.3 is 14.8 Å². The molecular formula is C11H10N2O6. The predicted octanol–water partition coefficient (Wildman–Crippen LogP) is -0.535. The zero-order valence-electron chi connectivity index (χ0n) is 9.87. The molecule has 8 nitrogen and oxygen atoms in total. The first kappa shape index (κ1) is 12.8. The van der Waals surface area contributed by atoms with E-state index in [9.17, 15) is 19.2 Å². The molecule has 0 saturated carbocycles. The number of furan rings is 1. The fourth-order valence-corrected chi connectivity index (χ4v) is 1.67. The molecule has 2 N–H and O–H groups in total. The zero-order valence-corrected chi connectivity index (χ0v) is 9.87. The van der Waals surface area contributed by atoms with Gasteiger partial charge in [0, 0.05) is 13.1 Å². The summed E-state index contributed by atoms with van der Waals surface area (Å²) in [5.74, 6) is -3.10. The highest BCUT2D eigenvalue weighted by molar-refractivity contribution is 6.07. The van der Waals surface area contributed by atoms with E-state index in [-0.39, 0.29) is 23.7 Å². The average Bonchev–Trinajstić information content (AvgIpc) is 2.92. The molecule has 8 heteroatoms. The number of carbonyl (C=O) groups is 4. The number of amides is 3. The monoisotopic (exact) mass is 266 g/mol. The number of hydrogen-bond acceptors (Lipinski definition) is 5. The molecule has 1 fully saturated rings. The van der Waals surface area contributed by atoms with Crippen molar-refractivity contribution in [1.82, 2.24) is 10.2 Å². The van der Waals surface area contributed by atoms with Crippen molar-refractivity contribution in [3.05, 3.63) is 23.7 Å². The quantitative estimate of drug-likeness (QED) is 0.710. The highest BCUT2D eigenvalue weighted by atomic mass is 16.4. The van der Waals surface area contributed by atoms with Crippen LogP contribution >= 0.6 is 0 Å². The lowest BCUT2D eigenvalue weighted by molar-refractivity contribution is -0.137. The molecule has 1 saturated heterocycles. The van der Waals surface area contributed by atoms with E-state index in [1.165, 1.54) is 7.05 Å². The summed E-state index contributed by atoms with van der Waals surface area (Å²) in [4.78, 5) is 46.1. The molecule has 1 aromatic rings. The van der Waals surface area contributed by atoms with Crippen LogP contribution in [0.4, 0.5) is 0 Å². The van der Waals surface area contributed by atoms with E-state index in [1.54, 1.807) is 0 Å². The van der Waals surface area contributed by atoms with Gasteiger partial charge in [0.05, 0.1) is 12.0 Å². The molecule has 0 radical (unpaired) electrons. The number of carboxylic acids is 1. The lowest BCUT2D eigenvalue weighted by Crippen LogP contribution is -2.40. The van der Waals surface area contributed by atoms with Crippen molar-refractivity contribution in [2.24, 2.45) is 0 Å². The van der Waals surface area contributed by atoms with Crippen LogP contribution in [0.15, 0.2) is 16.7 Å². The molecule has 2 heterocycles. The summed E-state index contributed by atoms with van der Waals surface area (Å²) >= 11 is 0. The fraction of sp³-hybridized carbons (Fsp3) is 0.273. The van der Waals surface area contributed by atoms with Gasteiger partial charge in [-0.15, -0.1) is 0 Å². The molecule has 1 atom stereocenters. The SMILES string of the molecule is CN1C(=O)CC(NC(=O)c2cc(C(=O)O)co2)C1=O. The van der Waals surface area contributed by atoms with Crippen molar-refractivity contribution in [2.45, 2.75) is 12.5 Å². The number of nitrogens with zero attached hydrogens (tertiary/aromatic N) is 1. The molecule has 1 aliphatic rings. The molecular weight excluding hydrogens is 256 g/mol. The third-order valence-electron chi connectivity index (χ3n) is 2.76. The van der Waals surface area contributed by atoms with E-state index in [2.05, 4.69) is 5.32 Å². The van der Waals surface area contributed by atoms with Gasteiger partial charge in [0.2, 0.25) is 5.91 Å². The summed E-state index contributed by atoms with van der Waals surface area (Å²) in [5.41, 5.74) is -0.170. The Kier molecular flexibility index (Phi) is 3.07. The Morgan fingerprint density at radius 2 is 2.16 bits per heavy atom. The van der Waals surface area contributed by atoms with Crippen LogP contribution in [0.1, 0.15) is 27.3 Å². The van der Waals surface area contributed by atoms with E-state index < -0.39 is 23.8 Å². The van der Waals surface area contributed by atoms with Gasteiger partial charge in [-0.05, 0) is 0 Å². The molecule has 19 heavy (non-hydrogen) atoms. The molecule has 0 spiro atoms. The van der Waals surface area contributed by atoms with Crippen molar-refractivity contribution in [3.8, 4) is 0 Å². The van der Waals surface area contributed by atoms with E-state index in [1.807, 2.05) is 0 Å². The third kappa shape index (κ3) is 2.32. The van der Waals surface area contributed by atoms with Gasteiger partial charge in [-0.1, -0.05) is 0 Å². The molecule has 0 aromatic carbocycles. The summed E-state index contributed by atoms with van der Waals surface area (Å²) in [6.07, 6.45) is 0.804. The molecule has 2 rings (SSSR count). The van der Waals surface area contributed by atoms with Crippen LogP contribution in [-0.2, 0) is 9.59 Å². The number of carboxylic acid groups (broad SMARTS) is 1. The van der Waals surface area contributed by atoms with Crippen LogP contribution in [0, 0.1) is 0 Å². The summed E-state index contributed by atoms with van der Waals surface area (Å²) in [7, 11) is 1.33. The summed E-state index contributed by atoms with van der Waals surface area (Å²) in [5, 5.41) is 11.0. The second-order valence-corrected chi connectivity index (χ2v) is 4.03. The fourth-order valence-electron chi connectivity index (χ4n) is 1.67. The molecule has 1 aromatic heterocycles. The minimum Gasteiger partial charge on any atom is -0.478 e. The number of likely N-dealkylation sites (tertiary alicyclic amines) is 1. The number of hydrogen-bond donors (Lipinski definition) is 2. The smallest absolute Gasteiger partial charge is 0.338 e. The number of aromatic carboxylic acids is 1. The van der Waals surface area contributed by atoms with Crippen LogP contribution in [0.25, 0.3) is 0 Å². The number of likely N-dealkylation sites (N-methyl/N-ethyl adjacent to an activating group) is 1. The number of imide groups is 1. The highest BCUT2D eigenvalue weighted by Crippen LogP contribution is 2.13. The van der Waals surface area contributed by atoms with Gasteiger partial charge in [0.25, 0.3) is 11.8 Å². The van der Waals surface area contributed by atoms with Crippen LogP contribution < -0.4 is 5.32 Å². The Balaban J connectivity index is 2.07. The van der Waals surface area contributed by atoms with E-state index in [0.29, 0.717) is 0 Å². The van der Waals surface area contributed by atoms with Crippen LogP contribution in [0.3, 0.4) is 0 Å². The molecule has 3 amide bonds. The van der Waals surface area contributed by atoms with Crippen molar-refractivity contribution in [3.63, 3.8) is 0 Å². The Hall–Kier alpha value is -2.64. The maximum Gasteiger partial charge on any atom is 0.338 e. The van der Waals surface area contributed by atoms with Crippen LogP contribution in [-0.4, -0.2) is 46.8 Å². The Morgan fingerprint density at radius 1 is 1.47 bits per heavy atom. The normalized spacial score (nSPS) is 18.8. The maximum absolute atomic E-state index is 11.7. The summed E-state index contributed by atoms with van der Waals surface area (Å²) in [6.45, 7) is 0. The third-order valence-corrected chi connectivity index (χ3v) is 2.76. The zero-order chi connectivity index (χ0) is 14.2. The average molecular weight is 266 g/mol. The van der Waals surface area contributed by atoms with E-state index >= 15 is 0 Å². The molecule has 0 aliphatic carbocycles. The second-order valence-electron chi connectivity index (χ2n) is 4.03. The van der Waals surface area contributed by atoms with E-state index in [0.717, 1.165) is 17.2 Å². The van der Waals surface area contributed by atoms with Crippen LogP contribution in [0.2, 0.25) is 0 Å². The summed E-state index contributed by atoms with van der Waals surface area (Å²) < 4.78 is 4.78. The first-order valence-corrected chi connectivity index (χ1v) is 5.33. The lowest BCUT2D eigenvalue weighted by atomic mass is 10.2. The molecule has 0 bridgehead atoms. The lowest BCUT2D eigenvalue weighted by Gasteiger charge is -2.09. The first-order valence-electron chi connectivity index (χ1n) is 5.33. The standard InChI is InChI=1S/C11H10N2O6/c1-13-8(14)3-6(10(13)16)12-9(15)7-2-5(4-19-7)11(17)18/h2,4,6H,3H2,1H3,(H,12,15)(H,17,18). The molecule has 100 valence electrons. The van der Waals surface area contributed by atoms with Crippen molar-refractivity contribution in [2.75, 3.05) is 7.05 Å². The van der Waals surface area contributed by atoms with Gasteiger partial charge in [-0.3, -0.25) is 19.3 Å². The van der Waals surface area contributed by atoms with Crippen LogP contribution in [0.5, 0.6) is 0 Å². The van der Waals surface area contributed by atoms with Crippen molar-refractivity contribution in [1.29, 1.82) is 0 Å². The minimum atomic E-state index is -1.23. The minimum absolute atomic E-state index is 0.117. The maximum atomic E-state index is 11.7. The molecule has 1 unspecified atom stereocenters. The summed E-state index contributed by atoms with van der Waals surface area (Å²) in [6, 6.07) is 0.103. The highest BCUT2D eigenvalue weighted by Gasteiger charge is 2.37. The number of rotatable bonds is 3. The Labute approximate surface area is 107 Å². The number of nitrogens with one attached hydrogen (secondary N) is 1. The second kappa shape index (κ2) is 4.56. The Bertz CT molecular complexity index is 575. The first-order chi connectivity index (χ1) is 8.90. The van der Waals surface area contributed by atoms with Gasteiger partial charge >= 0.3 is 5.97 Å². The Morgan fingerprint density at radius 3 is 2.63 bits per heavy atom. The topological polar surface area (TPSA) is 117 Å². The van der Waals surface area contributed by atoms with Crippen molar-refractivity contribution < 1.29 is 28.7 Å². The van der Waals surface area contributed by atoms with Gasteiger partial charge in [0.15, 0.2) is 5.76 Å².